The summed E-state index contributed by atoms with van der Waals surface area (Å²) in [5.74, 6) is -0.116. The Labute approximate surface area is 102 Å². The standard InChI is InChI=1S/C15H15FSi/c1-10-5-4-6-13-15(10)12-8-7-11(16)9-14(12)17(13,2)3/h4-9H,1-3H3. The summed E-state index contributed by atoms with van der Waals surface area (Å²) in [4.78, 5) is 0. The van der Waals surface area contributed by atoms with Gasteiger partial charge in [-0.1, -0.05) is 37.4 Å². The lowest BCUT2D eigenvalue weighted by Crippen LogP contribution is -2.49. The molecule has 1 aliphatic rings. The van der Waals surface area contributed by atoms with E-state index in [9.17, 15) is 4.39 Å². The topological polar surface area (TPSA) is 0 Å². The van der Waals surface area contributed by atoms with Crippen molar-refractivity contribution in [1.29, 1.82) is 0 Å². The second kappa shape index (κ2) is 3.30. The molecule has 2 aromatic rings. The van der Waals surface area contributed by atoms with Gasteiger partial charge in [0.05, 0.1) is 0 Å². The highest BCUT2D eigenvalue weighted by atomic mass is 28.3. The second-order valence-corrected chi connectivity index (χ2v) is 9.64. The van der Waals surface area contributed by atoms with Crippen molar-refractivity contribution in [2.45, 2.75) is 20.0 Å². The largest absolute Gasteiger partial charge is 0.207 e. The zero-order valence-corrected chi connectivity index (χ0v) is 11.3. The molecule has 0 N–H and O–H groups in total. The number of rotatable bonds is 0. The van der Waals surface area contributed by atoms with Crippen LogP contribution in [0.15, 0.2) is 36.4 Å². The van der Waals surface area contributed by atoms with Crippen molar-refractivity contribution in [3.8, 4) is 11.1 Å². The van der Waals surface area contributed by atoms with Crippen LogP contribution < -0.4 is 10.4 Å². The molecule has 1 aliphatic heterocycles. The lowest BCUT2D eigenvalue weighted by molar-refractivity contribution is 0.629. The van der Waals surface area contributed by atoms with Crippen LogP contribution in [0.5, 0.6) is 0 Å². The van der Waals surface area contributed by atoms with Gasteiger partial charge in [0.25, 0.3) is 0 Å². The molecular weight excluding hydrogens is 227 g/mol. The van der Waals surface area contributed by atoms with E-state index in [0.29, 0.717) is 0 Å². The molecule has 0 fully saturated rings. The first-order valence-electron chi connectivity index (χ1n) is 5.92. The van der Waals surface area contributed by atoms with Crippen LogP contribution in [0.3, 0.4) is 0 Å². The first kappa shape index (κ1) is 10.7. The number of fused-ring (bicyclic) bond motifs is 3. The molecule has 3 rings (SSSR count). The number of aryl methyl sites for hydroxylation is 1. The summed E-state index contributed by atoms with van der Waals surface area (Å²) in [6.45, 7) is 6.74. The fourth-order valence-electron chi connectivity index (χ4n) is 2.94. The minimum absolute atomic E-state index is 0.116. The maximum Gasteiger partial charge on any atom is 0.123 e. The summed E-state index contributed by atoms with van der Waals surface area (Å²) < 4.78 is 13.5. The Bertz CT molecular complexity index is 614. The highest BCUT2D eigenvalue weighted by molar-refractivity contribution is 7.03. The lowest BCUT2D eigenvalue weighted by atomic mass is 10.0. The molecule has 0 nitrogen and oxygen atoms in total. The van der Waals surface area contributed by atoms with Crippen LogP contribution in [0.4, 0.5) is 4.39 Å². The number of halogens is 1. The van der Waals surface area contributed by atoms with Crippen molar-refractivity contribution in [3.63, 3.8) is 0 Å². The Morgan fingerprint density at radius 2 is 1.76 bits per heavy atom. The van der Waals surface area contributed by atoms with E-state index >= 15 is 0 Å². The van der Waals surface area contributed by atoms with Crippen LogP contribution in [-0.4, -0.2) is 8.07 Å². The van der Waals surface area contributed by atoms with Crippen LogP contribution in [0.2, 0.25) is 13.1 Å². The highest BCUT2D eigenvalue weighted by Gasteiger charge is 2.38. The number of hydrogen-bond acceptors (Lipinski definition) is 0. The minimum atomic E-state index is -1.68. The Morgan fingerprint density at radius 1 is 1.00 bits per heavy atom. The smallest absolute Gasteiger partial charge is 0.123 e. The zero-order valence-electron chi connectivity index (χ0n) is 10.3. The third kappa shape index (κ3) is 1.34. The molecule has 17 heavy (non-hydrogen) atoms. The predicted octanol–water partition coefficient (Wildman–Crippen LogP) is 2.94. The first-order chi connectivity index (χ1) is 8.01. The first-order valence-corrected chi connectivity index (χ1v) is 8.92. The summed E-state index contributed by atoms with van der Waals surface area (Å²) in [5, 5.41) is 2.68. The van der Waals surface area contributed by atoms with Gasteiger partial charge < -0.3 is 0 Å². The van der Waals surface area contributed by atoms with Crippen LogP contribution in [-0.2, 0) is 0 Å². The molecular formula is C15H15FSi. The summed E-state index contributed by atoms with van der Waals surface area (Å²) in [5.41, 5.74) is 3.89. The van der Waals surface area contributed by atoms with Crippen LogP contribution in [0, 0.1) is 12.7 Å². The van der Waals surface area contributed by atoms with Crippen molar-refractivity contribution in [2.75, 3.05) is 0 Å². The van der Waals surface area contributed by atoms with Gasteiger partial charge in [-0.15, -0.1) is 0 Å². The maximum absolute atomic E-state index is 13.5. The molecule has 0 radical (unpaired) electrons. The Balaban J connectivity index is 2.43. The van der Waals surface area contributed by atoms with Crippen molar-refractivity contribution in [3.05, 3.63) is 47.8 Å². The Morgan fingerprint density at radius 3 is 2.53 bits per heavy atom. The van der Waals surface area contributed by atoms with Gasteiger partial charge in [-0.05, 0) is 46.1 Å². The third-order valence-electron chi connectivity index (χ3n) is 3.87. The second-order valence-electron chi connectivity index (χ2n) is 5.31. The molecule has 0 saturated heterocycles. The highest BCUT2D eigenvalue weighted by Crippen LogP contribution is 2.30. The molecule has 0 aromatic heterocycles. The Hall–Kier alpha value is -1.41. The van der Waals surface area contributed by atoms with Crippen molar-refractivity contribution >= 4 is 18.4 Å². The SMILES string of the molecule is Cc1cccc2c1-c1ccc(F)cc1[Si]2(C)C. The lowest BCUT2D eigenvalue weighted by Gasteiger charge is -2.18. The van der Waals surface area contributed by atoms with E-state index in [4.69, 9.17) is 0 Å². The normalized spacial score (nSPS) is 15.5. The van der Waals surface area contributed by atoms with E-state index in [1.807, 2.05) is 6.07 Å². The summed E-state index contributed by atoms with van der Waals surface area (Å²) in [7, 11) is -1.68. The third-order valence-corrected chi connectivity index (χ3v) is 7.39. The molecule has 0 amide bonds. The molecule has 86 valence electrons. The maximum atomic E-state index is 13.5. The molecule has 0 saturated carbocycles. The predicted molar refractivity (Wildman–Crippen MR) is 73.3 cm³/mol. The molecule has 0 aliphatic carbocycles. The molecule has 2 aromatic carbocycles. The van der Waals surface area contributed by atoms with Gasteiger partial charge >= 0.3 is 0 Å². The van der Waals surface area contributed by atoms with Gasteiger partial charge in [-0.3, -0.25) is 0 Å². The van der Waals surface area contributed by atoms with Gasteiger partial charge in [0.15, 0.2) is 0 Å². The van der Waals surface area contributed by atoms with Crippen molar-refractivity contribution < 1.29 is 4.39 Å². The summed E-state index contributed by atoms with van der Waals surface area (Å²) >= 11 is 0. The van der Waals surface area contributed by atoms with E-state index in [2.05, 4.69) is 38.2 Å². The van der Waals surface area contributed by atoms with E-state index in [0.717, 1.165) is 0 Å². The summed E-state index contributed by atoms with van der Waals surface area (Å²) in [6, 6.07) is 11.7. The number of hydrogen-bond donors (Lipinski definition) is 0. The van der Waals surface area contributed by atoms with Crippen LogP contribution in [0.25, 0.3) is 11.1 Å². The van der Waals surface area contributed by atoms with Gasteiger partial charge in [0.1, 0.15) is 13.9 Å². The molecule has 0 spiro atoms. The summed E-state index contributed by atoms with van der Waals surface area (Å²) in [6.07, 6.45) is 0. The minimum Gasteiger partial charge on any atom is -0.207 e. The quantitative estimate of drug-likeness (QED) is 0.623. The van der Waals surface area contributed by atoms with Gasteiger partial charge in [0.2, 0.25) is 0 Å². The average molecular weight is 242 g/mol. The van der Waals surface area contributed by atoms with Crippen molar-refractivity contribution in [1.82, 2.24) is 0 Å². The van der Waals surface area contributed by atoms with Gasteiger partial charge in [0, 0.05) is 0 Å². The van der Waals surface area contributed by atoms with Crippen LogP contribution in [0.1, 0.15) is 5.56 Å². The van der Waals surface area contributed by atoms with E-state index in [1.54, 1.807) is 12.1 Å². The zero-order chi connectivity index (χ0) is 12.2. The van der Waals surface area contributed by atoms with E-state index < -0.39 is 8.07 Å². The molecule has 2 heteroatoms. The number of benzene rings is 2. The fourth-order valence-corrected chi connectivity index (χ4v) is 6.08. The molecule has 0 atom stereocenters. The van der Waals surface area contributed by atoms with E-state index in [-0.39, 0.29) is 5.82 Å². The average Bonchev–Trinajstić information content (AvgIpc) is 2.50. The molecule has 0 unspecified atom stereocenters. The van der Waals surface area contributed by atoms with Gasteiger partial charge in [-0.2, -0.15) is 0 Å². The van der Waals surface area contributed by atoms with Crippen molar-refractivity contribution in [2.24, 2.45) is 0 Å². The Kier molecular flexibility index (Phi) is 2.08. The fraction of sp³-hybridized carbons (Fsp3) is 0.200. The van der Waals surface area contributed by atoms with Crippen LogP contribution >= 0.6 is 0 Å². The van der Waals surface area contributed by atoms with E-state index in [1.165, 1.54) is 27.1 Å². The molecule has 1 heterocycles. The monoisotopic (exact) mass is 242 g/mol. The molecule has 0 bridgehead atoms. The van der Waals surface area contributed by atoms with Gasteiger partial charge in [-0.25, -0.2) is 4.39 Å².